The molecule has 2 unspecified atom stereocenters. The smallest absolute Gasteiger partial charge is 0.203 e. The van der Waals surface area contributed by atoms with E-state index >= 15 is 0 Å². The molecule has 142 valence electrons. The molecule has 1 aliphatic heterocycles. The molecule has 1 aromatic carbocycles. The van der Waals surface area contributed by atoms with E-state index in [1.165, 1.54) is 0 Å². The Hall–Kier alpha value is -1.70. The van der Waals surface area contributed by atoms with Crippen molar-refractivity contribution < 1.29 is 33.2 Å². The molecule has 0 radical (unpaired) electrons. The van der Waals surface area contributed by atoms with Gasteiger partial charge < -0.3 is 33.2 Å². The zero-order valence-corrected chi connectivity index (χ0v) is 15.4. The lowest BCUT2D eigenvalue weighted by Gasteiger charge is -2.25. The van der Waals surface area contributed by atoms with E-state index in [1.54, 1.807) is 40.6 Å². The molecule has 0 aromatic heterocycles. The molecular weight excluding hydrogens is 328 g/mol. The standard InChI is InChI=1S/C18H28O7/c1-19-14(12-25-17-7-5-6-8-23-17)11-24-13-9-15(20-2)18(22-4)16(10-13)21-3/h9-10,14,17H,5-8,11-12H2,1-4H3. The topological polar surface area (TPSA) is 64.6 Å². The van der Waals surface area contributed by atoms with E-state index < -0.39 is 0 Å². The molecule has 1 fully saturated rings. The van der Waals surface area contributed by atoms with Gasteiger partial charge in [-0.3, -0.25) is 0 Å². The first-order valence-electron chi connectivity index (χ1n) is 8.40. The minimum Gasteiger partial charge on any atom is -0.493 e. The van der Waals surface area contributed by atoms with Crippen LogP contribution in [0.2, 0.25) is 0 Å². The highest BCUT2D eigenvalue weighted by molar-refractivity contribution is 5.55. The van der Waals surface area contributed by atoms with Gasteiger partial charge >= 0.3 is 0 Å². The van der Waals surface area contributed by atoms with Crippen molar-refractivity contribution >= 4 is 0 Å². The molecule has 1 aromatic rings. The van der Waals surface area contributed by atoms with Gasteiger partial charge in [0.25, 0.3) is 0 Å². The Bertz CT molecular complexity index is 489. The summed E-state index contributed by atoms with van der Waals surface area (Å²) in [5.74, 6) is 2.21. The molecule has 0 saturated carbocycles. The second kappa shape index (κ2) is 10.3. The molecule has 0 amide bonds. The maximum absolute atomic E-state index is 5.82. The summed E-state index contributed by atoms with van der Waals surface area (Å²) in [6.07, 6.45) is 2.80. The summed E-state index contributed by atoms with van der Waals surface area (Å²) in [6.45, 7) is 1.50. The van der Waals surface area contributed by atoms with Crippen LogP contribution in [0.5, 0.6) is 23.0 Å². The van der Waals surface area contributed by atoms with Crippen LogP contribution in [0.4, 0.5) is 0 Å². The summed E-state index contributed by atoms with van der Waals surface area (Å²) in [5, 5.41) is 0. The fraction of sp³-hybridized carbons (Fsp3) is 0.667. The van der Waals surface area contributed by atoms with E-state index in [0.29, 0.717) is 36.2 Å². The van der Waals surface area contributed by atoms with Gasteiger partial charge in [0.15, 0.2) is 17.8 Å². The summed E-state index contributed by atoms with van der Waals surface area (Å²) < 4.78 is 38.5. The highest BCUT2D eigenvalue weighted by atomic mass is 16.7. The molecule has 0 N–H and O–H groups in total. The first-order chi connectivity index (χ1) is 12.2. The van der Waals surface area contributed by atoms with E-state index in [-0.39, 0.29) is 12.4 Å². The van der Waals surface area contributed by atoms with Gasteiger partial charge in [-0.15, -0.1) is 0 Å². The number of ether oxygens (including phenoxy) is 7. The number of hydrogen-bond donors (Lipinski definition) is 0. The lowest BCUT2D eigenvalue weighted by molar-refractivity contribution is -0.179. The quantitative estimate of drug-likeness (QED) is 0.638. The SMILES string of the molecule is COc1cc(OCC(COC2CCCCO2)OC)cc(OC)c1OC. The third kappa shape index (κ3) is 5.66. The molecule has 1 heterocycles. The second-order valence-corrected chi connectivity index (χ2v) is 5.66. The average Bonchev–Trinajstić information content (AvgIpc) is 2.67. The minimum absolute atomic E-state index is 0.146. The molecule has 7 nitrogen and oxygen atoms in total. The first kappa shape index (κ1) is 19.6. The van der Waals surface area contributed by atoms with E-state index in [2.05, 4.69) is 0 Å². The van der Waals surface area contributed by atoms with E-state index in [1.807, 2.05) is 0 Å². The lowest BCUT2D eigenvalue weighted by Crippen LogP contribution is -2.31. The third-order valence-electron chi connectivity index (χ3n) is 4.01. The molecular formula is C18H28O7. The Morgan fingerprint density at radius 1 is 1.00 bits per heavy atom. The van der Waals surface area contributed by atoms with Gasteiger partial charge in [0.2, 0.25) is 5.75 Å². The number of benzene rings is 1. The molecule has 0 spiro atoms. The van der Waals surface area contributed by atoms with Crippen LogP contribution >= 0.6 is 0 Å². The van der Waals surface area contributed by atoms with Gasteiger partial charge in [0.1, 0.15) is 18.5 Å². The summed E-state index contributed by atoms with van der Waals surface area (Å²) in [6, 6.07) is 3.50. The first-order valence-corrected chi connectivity index (χ1v) is 8.40. The van der Waals surface area contributed by atoms with E-state index in [0.717, 1.165) is 25.9 Å². The Balaban J connectivity index is 1.91. The predicted octanol–water partition coefficient (Wildman–Crippen LogP) is 2.65. The van der Waals surface area contributed by atoms with Crippen molar-refractivity contribution in [1.82, 2.24) is 0 Å². The molecule has 2 atom stereocenters. The van der Waals surface area contributed by atoms with Gasteiger partial charge in [-0.2, -0.15) is 0 Å². The summed E-state index contributed by atoms with van der Waals surface area (Å²) in [5.41, 5.74) is 0. The van der Waals surface area contributed by atoms with Gasteiger partial charge in [0.05, 0.1) is 27.9 Å². The fourth-order valence-electron chi connectivity index (χ4n) is 2.57. The molecule has 0 aliphatic carbocycles. The number of methoxy groups -OCH3 is 4. The van der Waals surface area contributed by atoms with Crippen LogP contribution in [-0.4, -0.2) is 60.7 Å². The molecule has 1 saturated heterocycles. The number of rotatable bonds is 10. The summed E-state index contributed by atoms with van der Waals surface area (Å²) >= 11 is 0. The molecule has 7 heteroatoms. The van der Waals surface area contributed by atoms with Gasteiger partial charge in [-0.25, -0.2) is 0 Å². The van der Waals surface area contributed by atoms with E-state index in [4.69, 9.17) is 33.2 Å². The molecule has 2 rings (SSSR count). The number of hydrogen-bond acceptors (Lipinski definition) is 7. The fourth-order valence-corrected chi connectivity index (χ4v) is 2.57. The molecule has 1 aliphatic rings. The molecule has 25 heavy (non-hydrogen) atoms. The van der Waals surface area contributed by atoms with Crippen molar-refractivity contribution in [1.29, 1.82) is 0 Å². The van der Waals surface area contributed by atoms with Crippen molar-refractivity contribution in [3.8, 4) is 23.0 Å². The third-order valence-corrected chi connectivity index (χ3v) is 4.01. The largest absolute Gasteiger partial charge is 0.493 e. The lowest BCUT2D eigenvalue weighted by atomic mass is 10.2. The van der Waals surface area contributed by atoms with Crippen molar-refractivity contribution in [2.24, 2.45) is 0 Å². The van der Waals surface area contributed by atoms with Gasteiger partial charge in [-0.05, 0) is 19.3 Å². The van der Waals surface area contributed by atoms with E-state index in [9.17, 15) is 0 Å². The predicted molar refractivity (Wildman–Crippen MR) is 91.9 cm³/mol. The molecule has 0 bridgehead atoms. The highest BCUT2D eigenvalue weighted by Crippen LogP contribution is 2.40. The van der Waals surface area contributed by atoms with Crippen molar-refractivity contribution in [3.05, 3.63) is 12.1 Å². The van der Waals surface area contributed by atoms with Crippen LogP contribution in [-0.2, 0) is 14.2 Å². The van der Waals surface area contributed by atoms with Crippen LogP contribution in [0.3, 0.4) is 0 Å². The van der Waals surface area contributed by atoms with Crippen LogP contribution in [0.15, 0.2) is 12.1 Å². The minimum atomic E-state index is -0.204. The van der Waals surface area contributed by atoms with Crippen molar-refractivity contribution in [3.63, 3.8) is 0 Å². The average molecular weight is 356 g/mol. The van der Waals surface area contributed by atoms with Crippen LogP contribution in [0.25, 0.3) is 0 Å². The summed E-state index contributed by atoms with van der Waals surface area (Å²) in [4.78, 5) is 0. The van der Waals surface area contributed by atoms with Crippen molar-refractivity contribution in [2.75, 3.05) is 48.3 Å². The van der Waals surface area contributed by atoms with Crippen LogP contribution in [0.1, 0.15) is 19.3 Å². The Morgan fingerprint density at radius 2 is 1.72 bits per heavy atom. The highest BCUT2D eigenvalue weighted by Gasteiger charge is 2.18. The Labute approximate surface area is 149 Å². The zero-order chi connectivity index (χ0) is 18.1. The Kier molecular flexibility index (Phi) is 8.11. The Morgan fingerprint density at radius 3 is 2.24 bits per heavy atom. The summed E-state index contributed by atoms with van der Waals surface area (Å²) in [7, 11) is 6.33. The monoisotopic (exact) mass is 356 g/mol. The van der Waals surface area contributed by atoms with Crippen molar-refractivity contribution in [2.45, 2.75) is 31.7 Å². The van der Waals surface area contributed by atoms with Crippen LogP contribution in [0, 0.1) is 0 Å². The maximum Gasteiger partial charge on any atom is 0.203 e. The normalized spacial score (nSPS) is 18.5. The zero-order valence-electron chi connectivity index (χ0n) is 15.4. The van der Waals surface area contributed by atoms with Gasteiger partial charge in [-0.1, -0.05) is 0 Å². The van der Waals surface area contributed by atoms with Gasteiger partial charge in [0, 0.05) is 25.8 Å². The van der Waals surface area contributed by atoms with Crippen LogP contribution < -0.4 is 18.9 Å². The second-order valence-electron chi connectivity index (χ2n) is 5.66. The maximum atomic E-state index is 5.82.